The van der Waals surface area contributed by atoms with Crippen LogP contribution < -0.4 is 5.32 Å². The van der Waals surface area contributed by atoms with E-state index in [0.717, 1.165) is 25.0 Å². The molecule has 1 aliphatic rings. The first kappa shape index (κ1) is 15.6. The van der Waals surface area contributed by atoms with Gasteiger partial charge in [0.2, 0.25) is 0 Å². The SMILES string of the molecule is Cc1c(C(=O)NC2(c3ccccc3)CCC2)cnn1-c1ccccn1. The lowest BCUT2D eigenvalue weighted by Crippen LogP contribution is -2.50. The van der Waals surface area contributed by atoms with Gasteiger partial charge in [-0.2, -0.15) is 5.10 Å². The summed E-state index contributed by atoms with van der Waals surface area (Å²) >= 11 is 0. The summed E-state index contributed by atoms with van der Waals surface area (Å²) in [6, 6.07) is 15.8. The summed E-state index contributed by atoms with van der Waals surface area (Å²) in [6.07, 6.45) is 6.40. The summed E-state index contributed by atoms with van der Waals surface area (Å²) in [5, 5.41) is 7.60. The van der Waals surface area contributed by atoms with E-state index >= 15 is 0 Å². The first-order valence-electron chi connectivity index (χ1n) is 8.54. The van der Waals surface area contributed by atoms with Gasteiger partial charge in [0.25, 0.3) is 5.91 Å². The number of hydrogen-bond donors (Lipinski definition) is 1. The summed E-state index contributed by atoms with van der Waals surface area (Å²) in [6.45, 7) is 1.90. The Morgan fingerprint density at radius 3 is 2.52 bits per heavy atom. The molecule has 3 aromatic rings. The van der Waals surface area contributed by atoms with E-state index in [9.17, 15) is 4.79 Å². The van der Waals surface area contributed by atoms with Gasteiger partial charge in [-0.25, -0.2) is 9.67 Å². The first-order valence-corrected chi connectivity index (χ1v) is 8.54. The Morgan fingerprint density at radius 1 is 1.12 bits per heavy atom. The highest BCUT2D eigenvalue weighted by atomic mass is 16.1. The van der Waals surface area contributed by atoms with E-state index in [-0.39, 0.29) is 11.4 Å². The van der Waals surface area contributed by atoms with Gasteiger partial charge in [-0.1, -0.05) is 36.4 Å². The monoisotopic (exact) mass is 332 g/mol. The Labute approximate surface area is 146 Å². The third-order valence-corrected chi connectivity index (χ3v) is 5.01. The predicted octanol–water partition coefficient (Wildman–Crippen LogP) is 3.38. The number of rotatable bonds is 4. The molecule has 1 N–H and O–H groups in total. The molecular formula is C20H20N4O. The average molecular weight is 332 g/mol. The molecule has 25 heavy (non-hydrogen) atoms. The number of pyridine rings is 1. The molecule has 4 rings (SSSR count). The Morgan fingerprint density at radius 2 is 1.88 bits per heavy atom. The highest BCUT2D eigenvalue weighted by Crippen LogP contribution is 2.41. The molecule has 1 fully saturated rings. The number of nitrogens with zero attached hydrogens (tertiary/aromatic N) is 3. The van der Waals surface area contributed by atoms with E-state index < -0.39 is 0 Å². The molecule has 0 aliphatic heterocycles. The molecule has 2 heterocycles. The van der Waals surface area contributed by atoms with Crippen LogP contribution in [0, 0.1) is 6.92 Å². The van der Waals surface area contributed by atoms with Gasteiger partial charge in [0.05, 0.1) is 23.0 Å². The van der Waals surface area contributed by atoms with E-state index in [0.29, 0.717) is 11.4 Å². The highest BCUT2D eigenvalue weighted by molar-refractivity contribution is 5.95. The van der Waals surface area contributed by atoms with Crippen LogP contribution in [0.5, 0.6) is 0 Å². The van der Waals surface area contributed by atoms with Crippen molar-refractivity contribution in [1.29, 1.82) is 0 Å². The van der Waals surface area contributed by atoms with Crippen LogP contribution in [0.4, 0.5) is 0 Å². The van der Waals surface area contributed by atoms with Gasteiger partial charge in [-0.15, -0.1) is 0 Å². The third kappa shape index (κ3) is 2.71. The zero-order valence-electron chi connectivity index (χ0n) is 14.1. The maximum atomic E-state index is 12.9. The second-order valence-electron chi connectivity index (χ2n) is 6.50. The second-order valence-corrected chi connectivity index (χ2v) is 6.50. The molecule has 1 amide bonds. The van der Waals surface area contributed by atoms with Crippen molar-refractivity contribution in [2.45, 2.75) is 31.7 Å². The molecule has 2 aromatic heterocycles. The van der Waals surface area contributed by atoms with Crippen LogP contribution in [0.1, 0.15) is 40.9 Å². The van der Waals surface area contributed by atoms with Crippen LogP contribution >= 0.6 is 0 Å². The average Bonchev–Trinajstić information content (AvgIpc) is 3.01. The minimum absolute atomic E-state index is 0.0803. The van der Waals surface area contributed by atoms with Gasteiger partial charge in [-0.3, -0.25) is 4.79 Å². The Balaban J connectivity index is 1.61. The Hall–Kier alpha value is -2.95. The van der Waals surface area contributed by atoms with Crippen LogP contribution in [-0.2, 0) is 5.54 Å². The van der Waals surface area contributed by atoms with E-state index in [1.54, 1.807) is 17.1 Å². The summed E-state index contributed by atoms with van der Waals surface area (Å²) in [5.74, 6) is 0.628. The smallest absolute Gasteiger partial charge is 0.255 e. The van der Waals surface area contributed by atoms with Gasteiger partial charge in [0.1, 0.15) is 0 Å². The van der Waals surface area contributed by atoms with Crippen molar-refractivity contribution in [3.8, 4) is 5.82 Å². The standard InChI is InChI=1S/C20H20N4O/c1-15-17(14-22-24(15)18-10-5-6-13-21-18)19(25)23-20(11-7-12-20)16-8-3-2-4-9-16/h2-6,8-10,13-14H,7,11-12H2,1H3,(H,23,25). The van der Waals surface area contributed by atoms with E-state index in [1.807, 2.05) is 43.3 Å². The molecular weight excluding hydrogens is 312 g/mol. The number of carbonyl (C=O) groups excluding carboxylic acids is 1. The molecule has 0 spiro atoms. The van der Waals surface area contributed by atoms with E-state index in [2.05, 4.69) is 27.5 Å². The maximum absolute atomic E-state index is 12.9. The molecule has 0 atom stereocenters. The van der Waals surface area contributed by atoms with Crippen molar-refractivity contribution in [1.82, 2.24) is 20.1 Å². The zero-order chi connectivity index (χ0) is 17.3. The van der Waals surface area contributed by atoms with Crippen molar-refractivity contribution in [3.05, 3.63) is 77.7 Å². The molecule has 1 aromatic carbocycles. The lowest BCUT2D eigenvalue weighted by atomic mass is 9.71. The van der Waals surface area contributed by atoms with Gasteiger partial charge in [-0.05, 0) is 43.9 Å². The normalized spacial score (nSPS) is 15.4. The lowest BCUT2D eigenvalue weighted by molar-refractivity contribution is 0.0822. The van der Waals surface area contributed by atoms with E-state index in [1.165, 1.54) is 5.56 Å². The topological polar surface area (TPSA) is 59.8 Å². The summed E-state index contributed by atoms with van der Waals surface area (Å²) < 4.78 is 1.70. The number of hydrogen-bond acceptors (Lipinski definition) is 3. The van der Waals surface area contributed by atoms with Crippen LogP contribution in [0.3, 0.4) is 0 Å². The van der Waals surface area contributed by atoms with Crippen molar-refractivity contribution in [2.24, 2.45) is 0 Å². The molecule has 0 radical (unpaired) electrons. The number of carbonyl (C=O) groups is 1. The van der Waals surface area contributed by atoms with Crippen molar-refractivity contribution >= 4 is 5.91 Å². The number of benzene rings is 1. The van der Waals surface area contributed by atoms with Crippen LogP contribution in [0.15, 0.2) is 60.9 Å². The first-order chi connectivity index (χ1) is 12.2. The third-order valence-electron chi connectivity index (χ3n) is 5.01. The molecule has 0 bridgehead atoms. The van der Waals surface area contributed by atoms with Crippen molar-refractivity contribution in [2.75, 3.05) is 0 Å². The van der Waals surface area contributed by atoms with Gasteiger partial charge in [0, 0.05) is 6.20 Å². The summed E-state index contributed by atoms with van der Waals surface area (Å²) in [5.41, 5.74) is 2.30. The number of aromatic nitrogens is 3. The molecule has 0 saturated heterocycles. The number of amides is 1. The van der Waals surface area contributed by atoms with Crippen LogP contribution in [0.25, 0.3) is 5.82 Å². The van der Waals surface area contributed by atoms with Crippen molar-refractivity contribution < 1.29 is 4.79 Å². The largest absolute Gasteiger partial charge is 0.342 e. The molecule has 1 saturated carbocycles. The fraction of sp³-hybridized carbons (Fsp3) is 0.250. The van der Waals surface area contributed by atoms with Crippen molar-refractivity contribution in [3.63, 3.8) is 0 Å². The highest BCUT2D eigenvalue weighted by Gasteiger charge is 2.40. The minimum Gasteiger partial charge on any atom is -0.342 e. The predicted molar refractivity (Wildman–Crippen MR) is 95.5 cm³/mol. The van der Waals surface area contributed by atoms with Crippen LogP contribution in [-0.4, -0.2) is 20.7 Å². The fourth-order valence-electron chi connectivity index (χ4n) is 3.40. The fourth-order valence-corrected chi connectivity index (χ4v) is 3.40. The second kappa shape index (κ2) is 6.16. The molecule has 126 valence electrons. The molecule has 5 heteroatoms. The lowest BCUT2D eigenvalue weighted by Gasteiger charge is -2.43. The number of nitrogens with one attached hydrogen (secondary N) is 1. The quantitative estimate of drug-likeness (QED) is 0.797. The Bertz CT molecular complexity index is 883. The molecule has 0 unspecified atom stereocenters. The molecule has 1 aliphatic carbocycles. The zero-order valence-corrected chi connectivity index (χ0v) is 14.1. The minimum atomic E-state index is -0.252. The summed E-state index contributed by atoms with van der Waals surface area (Å²) in [4.78, 5) is 17.2. The van der Waals surface area contributed by atoms with Gasteiger partial charge >= 0.3 is 0 Å². The van der Waals surface area contributed by atoms with Crippen LogP contribution in [0.2, 0.25) is 0 Å². The molecule has 5 nitrogen and oxygen atoms in total. The maximum Gasteiger partial charge on any atom is 0.255 e. The summed E-state index contributed by atoms with van der Waals surface area (Å²) in [7, 11) is 0. The van der Waals surface area contributed by atoms with Gasteiger partial charge in [0.15, 0.2) is 5.82 Å². The van der Waals surface area contributed by atoms with E-state index in [4.69, 9.17) is 0 Å². The Kier molecular flexibility index (Phi) is 3.84. The van der Waals surface area contributed by atoms with Gasteiger partial charge < -0.3 is 5.32 Å².